The lowest BCUT2D eigenvalue weighted by Gasteiger charge is -2.07. The van der Waals surface area contributed by atoms with E-state index in [-0.39, 0.29) is 16.9 Å². The number of nitrogens with zero attached hydrogens (tertiary/aromatic N) is 4. The average molecular weight is 493 g/mol. The zero-order valence-corrected chi connectivity index (χ0v) is 19.3. The number of nitro groups is 1. The zero-order valence-electron chi connectivity index (χ0n) is 19.3. The van der Waals surface area contributed by atoms with Gasteiger partial charge in [0.2, 0.25) is 0 Å². The number of carbonyl (C=O) groups is 2. The van der Waals surface area contributed by atoms with Crippen LogP contribution in [0.3, 0.4) is 0 Å². The number of nitro benzene ring substituents is 1. The van der Waals surface area contributed by atoms with Crippen molar-refractivity contribution in [3.63, 3.8) is 0 Å². The van der Waals surface area contributed by atoms with Crippen molar-refractivity contribution in [3.8, 4) is 23.0 Å². The second-order valence-electron chi connectivity index (χ2n) is 7.67. The van der Waals surface area contributed by atoms with Crippen molar-refractivity contribution in [3.05, 3.63) is 112 Å². The summed E-state index contributed by atoms with van der Waals surface area (Å²) in [6.45, 7) is -0.611. The molecule has 0 saturated heterocycles. The van der Waals surface area contributed by atoms with Gasteiger partial charge in [0, 0.05) is 35.5 Å². The van der Waals surface area contributed by atoms with Gasteiger partial charge in [0.05, 0.1) is 27.6 Å². The largest absolute Gasteiger partial charge is 0.452 e. The van der Waals surface area contributed by atoms with Crippen molar-refractivity contribution in [2.45, 2.75) is 0 Å². The van der Waals surface area contributed by atoms with Crippen LogP contribution in [-0.2, 0) is 14.3 Å². The molecule has 0 saturated carbocycles. The molecule has 0 radical (unpaired) electrons. The van der Waals surface area contributed by atoms with Gasteiger partial charge in [-0.3, -0.25) is 14.9 Å². The Morgan fingerprint density at radius 1 is 1.08 bits per heavy atom. The van der Waals surface area contributed by atoms with E-state index in [0.29, 0.717) is 11.3 Å². The first-order valence-electron chi connectivity index (χ1n) is 11.0. The molecule has 10 heteroatoms. The SMILES string of the molecule is N#Cc1cc([N+](=O)[O-])ccc1NC(=O)COC(=O)C=Cc1cn(-c2ccccc2)nc1-c1ccccc1. The number of anilines is 1. The van der Waals surface area contributed by atoms with Crippen molar-refractivity contribution in [2.24, 2.45) is 0 Å². The van der Waals surface area contributed by atoms with Crippen LogP contribution in [0.2, 0.25) is 0 Å². The fourth-order valence-corrected chi connectivity index (χ4v) is 3.42. The van der Waals surface area contributed by atoms with Gasteiger partial charge in [0.15, 0.2) is 6.61 Å². The minimum absolute atomic E-state index is 0.0746. The van der Waals surface area contributed by atoms with Crippen LogP contribution in [0.1, 0.15) is 11.1 Å². The Bertz CT molecular complexity index is 1520. The molecule has 4 rings (SSSR count). The average Bonchev–Trinajstić information content (AvgIpc) is 3.36. The molecule has 0 fully saturated rings. The fraction of sp³-hybridized carbons (Fsp3) is 0.0370. The summed E-state index contributed by atoms with van der Waals surface area (Å²) in [6, 6.07) is 24.2. The number of nitrogens with one attached hydrogen (secondary N) is 1. The van der Waals surface area contributed by atoms with Crippen molar-refractivity contribution < 1.29 is 19.2 Å². The smallest absolute Gasteiger partial charge is 0.331 e. The molecule has 0 unspecified atom stereocenters. The second kappa shape index (κ2) is 11.2. The predicted octanol–water partition coefficient (Wildman–Crippen LogP) is 4.51. The monoisotopic (exact) mass is 493 g/mol. The first-order chi connectivity index (χ1) is 17.9. The Morgan fingerprint density at radius 3 is 2.46 bits per heavy atom. The minimum atomic E-state index is -0.758. The van der Waals surface area contributed by atoms with Crippen LogP contribution in [0, 0.1) is 21.4 Å². The molecule has 0 aliphatic rings. The molecule has 1 heterocycles. The lowest BCUT2D eigenvalue weighted by Crippen LogP contribution is -2.20. The molecule has 10 nitrogen and oxygen atoms in total. The van der Waals surface area contributed by atoms with Crippen LogP contribution in [0.25, 0.3) is 23.0 Å². The number of para-hydroxylation sites is 1. The number of esters is 1. The van der Waals surface area contributed by atoms with Gasteiger partial charge in [-0.25, -0.2) is 9.48 Å². The van der Waals surface area contributed by atoms with Gasteiger partial charge in [-0.05, 0) is 24.3 Å². The third-order valence-electron chi connectivity index (χ3n) is 5.16. The zero-order chi connectivity index (χ0) is 26.2. The van der Waals surface area contributed by atoms with Crippen molar-refractivity contribution in [1.29, 1.82) is 5.26 Å². The van der Waals surface area contributed by atoms with E-state index in [2.05, 4.69) is 10.4 Å². The van der Waals surface area contributed by atoms with Crippen molar-refractivity contribution in [2.75, 3.05) is 11.9 Å². The molecule has 37 heavy (non-hydrogen) atoms. The highest BCUT2D eigenvalue weighted by atomic mass is 16.6. The highest BCUT2D eigenvalue weighted by Crippen LogP contribution is 2.25. The lowest BCUT2D eigenvalue weighted by atomic mass is 10.1. The molecule has 0 atom stereocenters. The van der Waals surface area contributed by atoms with Crippen LogP contribution in [0.4, 0.5) is 11.4 Å². The maximum Gasteiger partial charge on any atom is 0.331 e. The lowest BCUT2D eigenvalue weighted by molar-refractivity contribution is -0.384. The summed E-state index contributed by atoms with van der Waals surface area (Å²) in [5.41, 5.74) is 2.75. The van der Waals surface area contributed by atoms with E-state index in [0.717, 1.165) is 23.4 Å². The molecule has 3 aromatic carbocycles. The normalized spacial score (nSPS) is 10.6. The van der Waals surface area contributed by atoms with Crippen molar-refractivity contribution >= 4 is 29.3 Å². The topological polar surface area (TPSA) is 140 Å². The van der Waals surface area contributed by atoms with Crippen LogP contribution in [0.15, 0.2) is 91.1 Å². The summed E-state index contributed by atoms with van der Waals surface area (Å²) in [5.74, 6) is -1.46. The summed E-state index contributed by atoms with van der Waals surface area (Å²) < 4.78 is 6.72. The maximum atomic E-state index is 12.3. The number of benzene rings is 3. The number of ether oxygens (including phenoxy) is 1. The molecule has 0 aliphatic carbocycles. The molecule has 1 N–H and O–H groups in total. The van der Waals surface area contributed by atoms with E-state index in [1.807, 2.05) is 60.7 Å². The Hall–Kier alpha value is -5.56. The van der Waals surface area contributed by atoms with Crippen LogP contribution < -0.4 is 5.32 Å². The van der Waals surface area contributed by atoms with Gasteiger partial charge in [0.1, 0.15) is 6.07 Å². The number of aromatic nitrogens is 2. The van der Waals surface area contributed by atoms with Crippen LogP contribution >= 0.6 is 0 Å². The second-order valence-corrected chi connectivity index (χ2v) is 7.67. The highest BCUT2D eigenvalue weighted by Gasteiger charge is 2.14. The van der Waals surface area contributed by atoms with E-state index in [4.69, 9.17) is 4.74 Å². The van der Waals surface area contributed by atoms with E-state index >= 15 is 0 Å². The summed E-state index contributed by atoms with van der Waals surface area (Å²) in [6.07, 6.45) is 4.53. The molecular formula is C27H19N5O5. The molecule has 1 amide bonds. The Kier molecular flexibility index (Phi) is 7.46. The van der Waals surface area contributed by atoms with E-state index in [9.17, 15) is 25.0 Å². The minimum Gasteiger partial charge on any atom is -0.452 e. The first kappa shape index (κ1) is 24.6. The third-order valence-corrected chi connectivity index (χ3v) is 5.16. The quantitative estimate of drug-likeness (QED) is 0.165. The molecule has 182 valence electrons. The summed E-state index contributed by atoms with van der Waals surface area (Å²) in [7, 11) is 0. The number of amides is 1. The van der Waals surface area contributed by atoms with E-state index < -0.39 is 23.4 Å². The van der Waals surface area contributed by atoms with Gasteiger partial charge in [-0.1, -0.05) is 48.5 Å². The van der Waals surface area contributed by atoms with Crippen LogP contribution in [0.5, 0.6) is 0 Å². The number of hydrogen-bond acceptors (Lipinski definition) is 7. The van der Waals surface area contributed by atoms with Gasteiger partial charge >= 0.3 is 5.97 Å². The third kappa shape index (κ3) is 6.12. The molecule has 4 aromatic rings. The van der Waals surface area contributed by atoms with Gasteiger partial charge in [0.25, 0.3) is 11.6 Å². The molecule has 0 aliphatic heterocycles. The first-order valence-corrected chi connectivity index (χ1v) is 11.0. The number of nitriles is 1. The molecular weight excluding hydrogens is 474 g/mol. The number of carbonyl (C=O) groups excluding carboxylic acids is 2. The Morgan fingerprint density at radius 2 is 1.78 bits per heavy atom. The van der Waals surface area contributed by atoms with Gasteiger partial charge in [-0.2, -0.15) is 10.4 Å². The fourth-order valence-electron chi connectivity index (χ4n) is 3.42. The number of hydrogen-bond donors (Lipinski definition) is 1. The predicted molar refractivity (Wildman–Crippen MR) is 135 cm³/mol. The molecule has 0 spiro atoms. The van der Waals surface area contributed by atoms with Gasteiger partial charge < -0.3 is 10.1 Å². The van der Waals surface area contributed by atoms with E-state index in [1.54, 1.807) is 23.0 Å². The Balaban J connectivity index is 1.44. The summed E-state index contributed by atoms with van der Waals surface area (Å²) in [4.78, 5) is 34.7. The standard InChI is InChI=1S/C27H19N5O5/c28-16-21-15-23(32(35)36)12-13-24(21)29-25(33)18-37-26(34)14-11-20-17-31(22-9-5-2-6-10-22)30-27(20)19-7-3-1-4-8-19/h1-15,17H,18H2,(H,29,33). The summed E-state index contributed by atoms with van der Waals surface area (Å²) in [5, 5.41) is 27.1. The Labute approximate surface area is 211 Å². The number of rotatable bonds is 8. The van der Waals surface area contributed by atoms with Crippen molar-refractivity contribution in [1.82, 2.24) is 9.78 Å². The summed E-state index contributed by atoms with van der Waals surface area (Å²) >= 11 is 0. The maximum absolute atomic E-state index is 12.3. The van der Waals surface area contributed by atoms with Crippen LogP contribution in [-0.4, -0.2) is 33.2 Å². The highest BCUT2D eigenvalue weighted by molar-refractivity contribution is 5.96. The van der Waals surface area contributed by atoms with E-state index in [1.165, 1.54) is 12.1 Å². The number of non-ortho nitro benzene ring substituents is 1. The molecule has 0 bridgehead atoms. The molecule has 1 aromatic heterocycles. The van der Waals surface area contributed by atoms with Gasteiger partial charge in [-0.15, -0.1) is 0 Å².